The molecule has 1 aliphatic rings. The molecule has 4 rings (SSSR count). The third kappa shape index (κ3) is 5.77. The van der Waals surface area contributed by atoms with E-state index in [0.717, 1.165) is 68.0 Å². The molecule has 1 aliphatic heterocycles. The summed E-state index contributed by atoms with van der Waals surface area (Å²) in [6, 6.07) is 9.23. The van der Waals surface area contributed by atoms with E-state index in [1.165, 1.54) is 4.70 Å². The number of carbonyl (C=O) groups is 1. The average Bonchev–Trinajstić information content (AvgIpc) is 3.40. The highest BCUT2D eigenvalue weighted by atomic mass is 32.1. The third-order valence-corrected chi connectivity index (χ3v) is 6.61. The summed E-state index contributed by atoms with van der Waals surface area (Å²) in [7, 11) is 0. The molecule has 166 valence electrons. The minimum absolute atomic E-state index is 0.169. The first kappa shape index (κ1) is 21.6. The van der Waals surface area contributed by atoms with E-state index in [0.29, 0.717) is 19.1 Å². The Bertz CT molecular complexity index is 961. The Hall–Kier alpha value is -2.58. The number of anilines is 1. The molecule has 0 aliphatic carbocycles. The number of urea groups is 1. The van der Waals surface area contributed by atoms with Crippen molar-refractivity contribution in [2.24, 2.45) is 0 Å². The molecule has 8 heteroatoms. The van der Waals surface area contributed by atoms with Crippen LogP contribution in [0.5, 0.6) is 5.75 Å². The van der Waals surface area contributed by atoms with Gasteiger partial charge in [0, 0.05) is 18.2 Å². The number of piperidine rings is 1. The molecule has 2 aromatic heterocycles. The number of rotatable bonds is 9. The molecule has 3 heterocycles. The molecule has 7 nitrogen and oxygen atoms in total. The van der Waals surface area contributed by atoms with E-state index in [2.05, 4.69) is 26.1 Å². The number of aromatic nitrogens is 1. The summed E-state index contributed by atoms with van der Waals surface area (Å²) in [5.74, 6) is 1.31. The van der Waals surface area contributed by atoms with Gasteiger partial charge in [0.2, 0.25) is 0 Å². The summed E-state index contributed by atoms with van der Waals surface area (Å²) in [5.41, 5.74) is 2.82. The number of nitrogens with one attached hydrogen (secondary N) is 2. The van der Waals surface area contributed by atoms with Gasteiger partial charge in [0.15, 0.2) is 5.58 Å². The Balaban J connectivity index is 1.09. The first-order valence-electron chi connectivity index (χ1n) is 11.1. The average molecular weight is 443 g/mol. The normalized spacial score (nSPS) is 15.3. The number of likely N-dealkylation sites (tertiary alicyclic amines) is 1. The summed E-state index contributed by atoms with van der Waals surface area (Å²) < 4.78 is 12.1. The van der Waals surface area contributed by atoms with Gasteiger partial charge in [-0.15, -0.1) is 11.3 Å². The summed E-state index contributed by atoms with van der Waals surface area (Å²) in [6.45, 7) is 6.51. The molecule has 2 N–H and O–H groups in total. The Labute approximate surface area is 186 Å². The first-order chi connectivity index (χ1) is 15.2. The van der Waals surface area contributed by atoms with Crippen LogP contribution in [0.1, 0.15) is 44.2 Å². The van der Waals surface area contributed by atoms with E-state index in [1.807, 2.05) is 37.3 Å². The van der Waals surface area contributed by atoms with Crippen LogP contribution in [0.15, 0.2) is 40.2 Å². The monoisotopic (exact) mass is 442 g/mol. The van der Waals surface area contributed by atoms with E-state index < -0.39 is 0 Å². The number of amides is 2. The maximum Gasteiger partial charge on any atom is 0.319 e. The highest BCUT2D eigenvalue weighted by Gasteiger charge is 2.25. The SMILES string of the molecule is CCOc1ccc(NC(=O)NCCCCN2CCC(c3noc4ccsc34)CC2)cc1. The van der Waals surface area contributed by atoms with Crippen molar-refractivity contribution in [1.82, 2.24) is 15.4 Å². The van der Waals surface area contributed by atoms with Gasteiger partial charge in [-0.3, -0.25) is 0 Å². The van der Waals surface area contributed by atoms with Gasteiger partial charge in [0.25, 0.3) is 0 Å². The summed E-state index contributed by atoms with van der Waals surface area (Å²) in [4.78, 5) is 14.5. The van der Waals surface area contributed by atoms with E-state index in [1.54, 1.807) is 11.3 Å². The molecule has 0 radical (unpaired) electrons. The molecule has 1 fully saturated rings. The molecule has 0 bridgehead atoms. The van der Waals surface area contributed by atoms with Crippen molar-refractivity contribution in [1.29, 1.82) is 0 Å². The molecular weight excluding hydrogens is 412 g/mol. The number of carbonyl (C=O) groups excluding carboxylic acids is 1. The van der Waals surface area contributed by atoms with Crippen molar-refractivity contribution in [3.05, 3.63) is 41.4 Å². The van der Waals surface area contributed by atoms with Crippen LogP contribution >= 0.6 is 11.3 Å². The zero-order chi connectivity index (χ0) is 21.5. The van der Waals surface area contributed by atoms with Crippen LogP contribution in [-0.2, 0) is 0 Å². The van der Waals surface area contributed by atoms with Crippen LogP contribution in [0, 0.1) is 0 Å². The standard InChI is InChI=1S/C23H30N4O3S/c1-2-29-19-7-5-18(6-8-19)25-23(28)24-12-3-4-13-27-14-9-17(10-15-27)21-22-20(30-26-21)11-16-31-22/h5-8,11,16-17H,2-4,9-10,12-15H2,1H3,(H2,24,25,28). The van der Waals surface area contributed by atoms with Gasteiger partial charge in [-0.2, -0.15) is 0 Å². The molecule has 0 saturated carbocycles. The number of ether oxygens (including phenoxy) is 1. The smallest absolute Gasteiger partial charge is 0.319 e. The number of unbranched alkanes of at least 4 members (excludes halogenated alkanes) is 1. The fraction of sp³-hybridized carbons (Fsp3) is 0.478. The van der Waals surface area contributed by atoms with Crippen molar-refractivity contribution in [3.8, 4) is 5.75 Å². The van der Waals surface area contributed by atoms with Crippen molar-refractivity contribution >= 4 is 33.3 Å². The summed E-state index contributed by atoms with van der Waals surface area (Å²) in [5, 5.41) is 12.2. The Morgan fingerprint density at radius 3 is 2.81 bits per heavy atom. The lowest BCUT2D eigenvalue weighted by Gasteiger charge is -2.31. The Morgan fingerprint density at radius 1 is 1.23 bits per heavy atom. The molecule has 1 aromatic carbocycles. The van der Waals surface area contributed by atoms with E-state index in [4.69, 9.17) is 9.26 Å². The number of thiophene rings is 1. The van der Waals surface area contributed by atoms with Crippen LogP contribution in [0.2, 0.25) is 0 Å². The summed E-state index contributed by atoms with van der Waals surface area (Å²) >= 11 is 1.72. The quantitative estimate of drug-likeness (QED) is 0.452. The molecular formula is C23H30N4O3S. The van der Waals surface area contributed by atoms with Gasteiger partial charge in [-0.05, 0) is 88.0 Å². The topological polar surface area (TPSA) is 79.6 Å². The summed E-state index contributed by atoms with van der Waals surface area (Å²) in [6.07, 6.45) is 4.30. The number of nitrogens with zero attached hydrogens (tertiary/aromatic N) is 2. The van der Waals surface area contributed by atoms with Gasteiger partial charge in [0.05, 0.1) is 11.3 Å². The number of fused-ring (bicyclic) bond motifs is 1. The van der Waals surface area contributed by atoms with Crippen molar-refractivity contribution in [2.45, 2.75) is 38.5 Å². The number of hydrogen-bond donors (Lipinski definition) is 2. The van der Waals surface area contributed by atoms with E-state index in [9.17, 15) is 4.79 Å². The second-order valence-electron chi connectivity index (χ2n) is 7.84. The van der Waals surface area contributed by atoms with Crippen molar-refractivity contribution < 1.29 is 14.1 Å². The maximum atomic E-state index is 12.0. The van der Waals surface area contributed by atoms with Crippen molar-refractivity contribution in [2.75, 3.05) is 38.1 Å². The lowest BCUT2D eigenvalue weighted by molar-refractivity contribution is 0.205. The lowest BCUT2D eigenvalue weighted by atomic mass is 9.93. The second kappa shape index (κ2) is 10.6. The largest absolute Gasteiger partial charge is 0.494 e. The van der Waals surface area contributed by atoms with E-state index >= 15 is 0 Å². The highest BCUT2D eigenvalue weighted by Crippen LogP contribution is 2.35. The zero-order valence-corrected chi connectivity index (χ0v) is 18.7. The van der Waals surface area contributed by atoms with Gasteiger partial charge in [-0.1, -0.05) is 5.16 Å². The molecule has 1 saturated heterocycles. The minimum atomic E-state index is -0.169. The fourth-order valence-electron chi connectivity index (χ4n) is 4.02. The van der Waals surface area contributed by atoms with Gasteiger partial charge >= 0.3 is 6.03 Å². The zero-order valence-electron chi connectivity index (χ0n) is 17.9. The number of benzene rings is 1. The molecule has 2 amide bonds. The van der Waals surface area contributed by atoms with Gasteiger partial charge in [-0.25, -0.2) is 4.79 Å². The predicted molar refractivity (Wildman–Crippen MR) is 124 cm³/mol. The van der Waals surface area contributed by atoms with Gasteiger partial charge < -0.3 is 24.8 Å². The third-order valence-electron chi connectivity index (χ3n) is 5.69. The molecule has 0 unspecified atom stereocenters. The Morgan fingerprint density at radius 2 is 2.03 bits per heavy atom. The molecule has 0 spiro atoms. The first-order valence-corrected chi connectivity index (χ1v) is 11.9. The van der Waals surface area contributed by atoms with Crippen LogP contribution < -0.4 is 15.4 Å². The fourth-order valence-corrected chi connectivity index (χ4v) is 4.90. The van der Waals surface area contributed by atoms with Crippen molar-refractivity contribution in [3.63, 3.8) is 0 Å². The van der Waals surface area contributed by atoms with Crippen LogP contribution in [-0.4, -0.2) is 48.9 Å². The Kier molecular flexibility index (Phi) is 7.43. The van der Waals surface area contributed by atoms with E-state index in [-0.39, 0.29) is 6.03 Å². The minimum Gasteiger partial charge on any atom is -0.494 e. The molecule has 0 atom stereocenters. The van der Waals surface area contributed by atoms with Crippen LogP contribution in [0.3, 0.4) is 0 Å². The highest BCUT2D eigenvalue weighted by molar-refractivity contribution is 7.17. The lowest BCUT2D eigenvalue weighted by Crippen LogP contribution is -2.34. The number of hydrogen-bond acceptors (Lipinski definition) is 6. The molecule has 3 aromatic rings. The van der Waals surface area contributed by atoms with Crippen LogP contribution in [0.25, 0.3) is 10.3 Å². The van der Waals surface area contributed by atoms with Crippen LogP contribution in [0.4, 0.5) is 10.5 Å². The molecule has 31 heavy (non-hydrogen) atoms. The predicted octanol–water partition coefficient (Wildman–Crippen LogP) is 5.07. The maximum absolute atomic E-state index is 12.0. The van der Waals surface area contributed by atoms with Gasteiger partial charge in [0.1, 0.15) is 11.4 Å². The second-order valence-corrected chi connectivity index (χ2v) is 8.76.